The molecule has 6 nitrogen and oxygen atoms in total. The summed E-state index contributed by atoms with van der Waals surface area (Å²) in [5.41, 5.74) is 25.3. The molecular weight excluding hydrogens is 739 g/mol. The summed E-state index contributed by atoms with van der Waals surface area (Å²) in [6.45, 7) is 39.0. The highest BCUT2D eigenvalue weighted by Crippen LogP contribution is 2.43. The molecule has 0 aliphatic carbocycles. The van der Waals surface area contributed by atoms with Gasteiger partial charge in [0.25, 0.3) is 0 Å². The van der Waals surface area contributed by atoms with Gasteiger partial charge in [0, 0.05) is 0 Å². The van der Waals surface area contributed by atoms with Crippen molar-refractivity contribution >= 4 is 0 Å². The Morgan fingerprint density at radius 2 is 0.383 bits per heavy atom. The quantitative estimate of drug-likeness (QED) is 0.114. The van der Waals surface area contributed by atoms with Gasteiger partial charge in [-0.2, -0.15) is 0 Å². The lowest BCUT2D eigenvalue weighted by Crippen LogP contribution is -2.18. The second kappa shape index (κ2) is 20.4. The minimum absolute atomic E-state index is 0.212. The summed E-state index contributed by atoms with van der Waals surface area (Å²) in [6.07, 6.45) is 2.21. The van der Waals surface area contributed by atoms with Crippen LogP contribution in [0.25, 0.3) is 0 Å². The van der Waals surface area contributed by atoms with Crippen LogP contribution in [0.2, 0.25) is 0 Å². The Morgan fingerprint density at radius 3 is 0.500 bits per heavy atom. The van der Waals surface area contributed by atoms with Crippen LogP contribution in [-0.4, -0.2) is 36.5 Å². The molecule has 0 spiro atoms. The zero-order chi connectivity index (χ0) is 47.1. The van der Waals surface area contributed by atoms with Crippen LogP contribution in [0.4, 0.5) is 0 Å². The largest absolute Gasteiger partial charge is 0.507 e. The van der Waals surface area contributed by atoms with Crippen molar-refractivity contribution in [3.63, 3.8) is 0 Å². The molecule has 0 saturated carbocycles. The molecule has 9 N–H and O–H groups in total. The lowest BCUT2D eigenvalue weighted by Gasteiger charge is -2.29. The Bertz CT molecular complexity index is 1670. The van der Waals surface area contributed by atoms with Crippen molar-refractivity contribution in [2.45, 2.75) is 176 Å². The third kappa shape index (κ3) is 14.1. The fourth-order valence-electron chi connectivity index (χ4n) is 7.67. The van der Waals surface area contributed by atoms with Gasteiger partial charge < -0.3 is 32.5 Å². The Balaban J connectivity index is 0.00000287. The molecule has 0 bridgehead atoms. The second-order valence-corrected chi connectivity index (χ2v) is 22.3. The maximum atomic E-state index is 11.5. The highest BCUT2D eigenvalue weighted by atomic mass is 16.3. The highest BCUT2D eigenvalue weighted by molar-refractivity contribution is 5.54. The van der Waals surface area contributed by atoms with Crippen LogP contribution in [0.1, 0.15) is 191 Å². The molecule has 60 heavy (non-hydrogen) atoms. The van der Waals surface area contributed by atoms with E-state index in [-0.39, 0.29) is 32.5 Å². The van der Waals surface area contributed by atoms with Gasteiger partial charge in [-0.3, -0.25) is 0 Å². The molecule has 0 radical (unpaired) electrons. The molecule has 4 aromatic rings. The van der Waals surface area contributed by atoms with Crippen molar-refractivity contribution in [3.8, 4) is 17.2 Å². The van der Waals surface area contributed by atoms with Crippen LogP contribution < -0.4 is 17.2 Å². The SMILES string of the molecule is CC(C)(C)c1cc(Cc2cc(Cc3cc(C(C)(C)C)c(O)c(C(C)(C)C)c3)cc(Cc3cc(C(C)(C)C)c(O)c(C(C)(C)C)c3)c2)cc(C(C)(C)C)c1O.CN.CN.CN. The summed E-state index contributed by atoms with van der Waals surface area (Å²) in [4.78, 5) is 0. The van der Waals surface area contributed by atoms with Gasteiger partial charge >= 0.3 is 0 Å². The van der Waals surface area contributed by atoms with E-state index in [1.807, 2.05) is 0 Å². The number of rotatable bonds is 6. The van der Waals surface area contributed by atoms with Crippen molar-refractivity contribution in [1.29, 1.82) is 0 Å². The van der Waals surface area contributed by atoms with E-state index in [1.54, 1.807) is 0 Å². The molecule has 336 valence electrons. The molecule has 4 rings (SSSR count). The molecule has 0 fully saturated rings. The summed E-state index contributed by atoms with van der Waals surface area (Å²) in [5, 5.41) is 34.5. The second-order valence-electron chi connectivity index (χ2n) is 22.3. The number of hydrogen-bond donors (Lipinski definition) is 6. The topological polar surface area (TPSA) is 139 Å². The molecule has 0 saturated heterocycles. The fourth-order valence-corrected chi connectivity index (χ4v) is 7.67. The summed E-state index contributed by atoms with van der Waals surface area (Å²) >= 11 is 0. The highest BCUT2D eigenvalue weighted by Gasteiger charge is 2.29. The number of aromatic hydroxyl groups is 3. The average Bonchev–Trinajstić information content (AvgIpc) is 3.10. The van der Waals surface area contributed by atoms with E-state index < -0.39 is 0 Å². The van der Waals surface area contributed by atoms with Gasteiger partial charge in [-0.05, 0) is 140 Å². The summed E-state index contributed by atoms with van der Waals surface area (Å²) in [6, 6.07) is 20.3. The standard InChI is InChI=1S/C51H72O3.3CH5N/c1-46(2,3)37-25-34(26-38(43(37)52)47(4,5)6)22-31-19-32(23-35-27-39(48(7,8)9)44(53)40(28-35)49(10,11)12)21-33(20-31)24-36-29-41(50(13,14)15)45(54)42(30-36)51(16,17)18;3*1-2/h19-21,25-30,52-54H,22-24H2,1-18H3;3*2H2,1H3. The molecule has 0 amide bonds. The lowest BCUT2D eigenvalue weighted by molar-refractivity contribution is 0.422. The first kappa shape index (κ1) is 54.2. The van der Waals surface area contributed by atoms with Crippen LogP contribution in [-0.2, 0) is 51.8 Å². The predicted molar refractivity (Wildman–Crippen MR) is 262 cm³/mol. The van der Waals surface area contributed by atoms with Crippen LogP contribution in [0.3, 0.4) is 0 Å². The Morgan fingerprint density at radius 1 is 0.267 bits per heavy atom. The summed E-state index contributed by atoms with van der Waals surface area (Å²) in [5.74, 6) is 1.21. The number of benzene rings is 4. The zero-order valence-corrected chi connectivity index (χ0v) is 41.9. The van der Waals surface area contributed by atoms with Crippen molar-refractivity contribution in [1.82, 2.24) is 0 Å². The van der Waals surface area contributed by atoms with E-state index in [9.17, 15) is 15.3 Å². The van der Waals surface area contributed by atoms with Crippen LogP contribution in [0.15, 0.2) is 54.6 Å². The Labute approximate surface area is 367 Å². The molecule has 0 aliphatic rings. The van der Waals surface area contributed by atoms with Gasteiger partial charge in [0.2, 0.25) is 0 Å². The monoisotopic (exact) mass is 826 g/mol. The van der Waals surface area contributed by atoms with Gasteiger partial charge in [0.1, 0.15) is 17.2 Å². The smallest absolute Gasteiger partial charge is 0.123 e. The number of hydrogen-bond acceptors (Lipinski definition) is 6. The van der Waals surface area contributed by atoms with Crippen LogP contribution >= 0.6 is 0 Å². The number of phenols is 3. The fraction of sp³-hybridized carbons (Fsp3) is 0.556. The van der Waals surface area contributed by atoms with Gasteiger partial charge in [0.05, 0.1) is 0 Å². The van der Waals surface area contributed by atoms with Crippen molar-refractivity contribution < 1.29 is 15.3 Å². The van der Waals surface area contributed by atoms with E-state index in [2.05, 4.69) is 196 Å². The molecule has 0 atom stereocenters. The van der Waals surface area contributed by atoms with E-state index >= 15 is 0 Å². The van der Waals surface area contributed by atoms with Crippen molar-refractivity contribution in [2.75, 3.05) is 21.1 Å². The average molecular weight is 826 g/mol. The van der Waals surface area contributed by atoms with Gasteiger partial charge in [-0.15, -0.1) is 0 Å². The number of phenolic OH excluding ortho intramolecular Hbond substituents is 3. The molecular formula is C54H87N3O3. The third-order valence-electron chi connectivity index (χ3n) is 10.7. The Kier molecular flexibility index (Phi) is 18.4. The van der Waals surface area contributed by atoms with Crippen molar-refractivity contribution in [2.24, 2.45) is 17.2 Å². The summed E-state index contributed by atoms with van der Waals surface area (Å²) in [7, 11) is 4.50. The maximum absolute atomic E-state index is 11.5. The molecule has 0 heterocycles. The lowest BCUT2D eigenvalue weighted by atomic mass is 9.77. The molecule has 4 aromatic carbocycles. The first-order chi connectivity index (χ1) is 27.3. The van der Waals surface area contributed by atoms with E-state index in [4.69, 9.17) is 0 Å². The first-order valence-corrected chi connectivity index (χ1v) is 21.7. The van der Waals surface area contributed by atoms with Gasteiger partial charge in [-0.25, -0.2) is 0 Å². The Hall–Kier alpha value is -3.84. The van der Waals surface area contributed by atoms with E-state index in [0.29, 0.717) is 17.2 Å². The van der Waals surface area contributed by atoms with Crippen molar-refractivity contribution in [3.05, 3.63) is 121 Å². The van der Waals surface area contributed by atoms with E-state index in [1.165, 1.54) is 54.5 Å². The van der Waals surface area contributed by atoms with Gasteiger partial charge in [0.15, 0.2) is 0 Å². The maximum Gasteiger partial charge on any atom is 0.123 e. The molecule has 6 heteroatoms. The predicted octanol–water partition coefficient (Wildman–Crippen LogP) is 12.1. The minimum Gasteiger partial charge on any atom is -0.507 e. The van der Waals surface area contributed by atoms with Crippen LogP contribution in [0, 0.1) is 0 Å². The van der Waals surface area contributed by atoms with Crippen LogP contribution in [0.5, 0.6) is 17.2 Å². The number of nitrogens with two attached hydrogens (primary N) is 3. The molecule has 0 unspecified atom stereocenters. The van der Waals surface area contributed by atoms with E-state index in [0.717, 1.165) is 52.6 Å². The third-order valence-corrected chi connectivity index (χ3v) is 10.7. The normalized spacial score (nSPS) is 12.4. The molecule has 0 aromatic heterocycles. The first-order valence-electron chi connectivity index (χ1n) is 21.7. The van der Waals surface area contributed by atoms with Gasteiger partial charge in [-0.1, -0.05) is 179 Å². The summed E-state index contributed by atoms with van der Waals surface area (Å²) < 4.78 is 0. The minimum atomic E-state index is -0.212. The molecule has 0 aliphatic heterocycles. The zero-order valence-electron chi connectivity index (χ0n) is 41.9.